The number of esters is 1. The Kier molecular flexibility index (Phi) is 20.7. The zero-order valence-electron chi connectivity index (χ0n) is 31.1. The van der Waals surface area contributed by atoms with Crippen molar-refractivity contribution in [2.75, 3.05) is 0 Å². The summed E-state index contributed by atoms with van der Waals surface area (Å²) < 4.78 is 6.08. The molecule has 0 saturated carbocycles. The van der Waals surface area contributed by atoms with Gasteiger partial charge in [0, 0.05) is 0 Å². The minimum Gasteiger partial charge on any atom is -0.481 e. The van der Waals surface area contributed by atoms with E-state index < -0.39 is 39.6 Å². The van der Waals surface area contributed by atoms with Crippen molar-refractivity contribution in [1.82, 2.24) is 0 Å². The van der Waals surface area contributed by atoms with Gasteiger partial charge in [0.2, 0.25) is 0 Å². The van der Waals surface area contributed by atoms with Gasteiger partial charge in [0.05, 0.1) is 27.8 Å². The Morgan fingerprint density at radius 2 is 0.723 bits per heavy atom. The zero-order valence-corrected chi connectivity index (χ0v) is 31.1. The Balaban J connectivity index is 4.67. The molecule has 276 valence electrons. The third-order valence-corrected chi connectivity index (χ3v) is 9.90. The average Bonchev–Trinajstić information content (AvgIpc) is 2.95. The highest BCUT2D eigenvalue weighted by molar-refractivity contribution is 5.76. The fraction of sp³-hybridized carbons (Fsp3) is 0.895. The lowest BCUT2D eigenvalue weighted by Gasteiger charge is -2.27. The van der Waals surface area contributed by atoms with E-state index in [-0.39, 0.29) is 18.2 Å². The molecule has 0 heterocycles. The van der Waals surface area contributed by atoms with Crippen LogP contribution in [0.15, 0.2) is 0 Å². The summed E-state index contributed by atoms with van der Waals surface area (Å²) in [4.78, 5) is 47.3. The molecule has 0 saturated heterocycles. The van der Waals surface area contributed by atoms with Crippen molar-refractivity contribution in [3.63, 3.8) is 0 Å². The summed E-state index contributed by atoms with van der Waals surface area (Å²) in [6.07, 6.45) is 15.2. The maximum absolute atomic E-state index is 13.3. The van der Waals surface area contributed by atoms with Crippen molar-refractivity contribution < 1.29 is 44.3 Å². The Morgan fingerprint density at radius 3 is 1.02 bits per heavy atom. The van der Waals surface area contributed by atoms with Crippen molar-refractivity contribution >= 4 is 23.9 Å². The molecule has 0 fully saturated rings. The van der Waals surface area contributed by atoms with E-state index in [1.807, 2.05) is 13.8 Å². The average molecular weight is 671 g/mol. The van der Waals surface area contributed by atoms with Crippen LogP contribution in [0.1, 0.15) is 184 Å². The molecule has 0 aliphatic rings. The number of aliphatic hydroxyl groups excluding tert-OH is 1. The van der Waals surface area contributed by atoms with Crippen molar-refractivity contribution in [1.29, 1.82) is 0 Å². The predicted molar refractivity (Wildman–Crippen MR) is 186 cm³/mol. The van der Waals surface area contributed by atoms with Crippen LogP contribution in [0.2, 0.25) is 0 Å². The van der Waals surface area contributed by atoms with E-state index in [1.165, 1.54) is 0 Å². The molecule has 4 N–H and O–H groups in total. The third-order valence-electron chi connectivity index (χ3n) is 9.90. The first kappa shape index (κ1) is 44.8. The largest absolute Gasteiger partial charge is 0.481 e. The maximum atomic E-state index is 13.3. The van der Waals surface area contributed by atoms with E-state index >= 15 is 0 Å². The van der Waals surface area contributed by atoms with E-state index in [0.717, 1.165) is 103 Å². The molecule has 0 radical (unpaired) electrons. The van der Waals surface area contributed by atoms with Crippen molar-refractivity contribution in [3.8, 4) is 0 Å². The molecule has 0 bridgehead atoms. The van der Waals surface area contributed by atoms with E-state index in [9.17, 15) is 39.6 Å². The molecule has 0 amide bonds. The van der Waals surface area contributed by atoms with Gasteiger partial charge in [-0.15, -0.1) is 0 Å². The molecular formula is C38H70O9. The third kappa shape index (κ3) is 20.1. The molecule has 1 unspecified atom stereocenters. The number of carbonyl (C=O) groups excluding carboxylic acids is 1. The molecule has 0 aromatic carbocycles. The number of aliphatic carboxylic acids is 3. The van der Waals surface area contributed by atoms with Crippen LogP contribution < -0.4 is 0 Å². The summed E-state index contributed by atoms with van der Waals surface area (Å²) in [5.74, 6) is -2.56. The molecule has 0 aromatic heterocycles. The summed E-state index contributed by atoms with van der Waals surface area (Å²) in [5, 5.41) is 38.3. The minimum atomic E-state index is -0.792. The summed E-state index contributed by atoms with van der Waals surface area (Å²) in [7, 11) is 0. The van der Waals surface area contributed by atoms with Gasteiger partial charge in [-0.2, -0.15) is 0 Å². The van der Waals surface area contributed by atoms with Crippen LogP contribution in [0.3, 0.4) is 0 Å². The first-order chi connectivity index (χ1) is 21.6. The maximum Gasteiger partial charge on any atom is 0.311 e. The van der Waals surface area contributed by atoms with Crippen LogP contribution in [0.5, 0.6) is 0 Å². The Bertz CT molecular complexity index is 899. The lowest BCUT2D eigenvalue weighted by Crippen LogP contribution is -2.31. The monoisotopic (exact) mass is 671 g/mol. The SMILES string of the molecule is CC(C)(CCCCCC(O)CCCCCC(C)(C)C(=O)OC(CCCCCC(C)(C)C(=O)O)CCCCCC(C)(C)C(=O)O)C(=O)O. The first-order valence-corrected chi connectivity index (χ1v) is 18.2. The smallest absolute Gasteiger partial charge is 0.311 e. The Morgan fingerprint density at radius 1 is 0.447 bits per heavy atom. The summed E-state index contributed by atoms with van der Waals surface area (Å²) in [6, 6.07) is 0. The highest BCUT2D eigenvalue weighted by Gasteiger charge is 2.32. The van der Waals surface area contributed by atoms with Gasteiger partial charge in [0.15, 0.2) is 0 Å². The second kappa shape index (κ2) is 21.7. The van der Waals surface area contributed by atoms with Crippen LogP contribution in [0.4, 0.5) is 0 Å². The molecule has 0 aliphatic heterocycles. The van der Waals surface area contributed by atoms with Crippen molar-refractivity contribution in [2.24, 2.45) is 21.7 Å². The number of hydrogen-bond donors (Lipinski definition) is 4. The first-order valence-electron chi connectivity index (χ1n) is 18.2. The van der Waals surface area contributed by atoms with Gasteiger partial charge >= 0.3 is 23.9 Å². The molecule has 0 aromatic rings. The second-order valence-corrected chi connectivity index (χ2v) is 16.5. The predicted octanol–water partition coefficient (Wildman–Crippen LogP) is 9.42. The molecule has 0 rings (SSSR count). The van der Waals surface area contributed by atoms with Crippen LogP contribution in [-0.4, -0.2) is 56.5 Å². The van der Waals surface area contributed by atoms with Gasteiger partial charge in [0.25, 0.3) is 0 Å². The van der Waals surface area contributed by atoms with Crippen molar-refractivity contribution in [3.05, 3.63) is 0 Å². The quantitative estimate of drug-likeness (QED) is 0.0449. The van der Waals surface area contributed by atoms with E-state index in [4.69, 9.17) is 4.74 Å². The number of rotatable bonds is 29. The van der Waals surface area contributed by atoms with Crippen LogP contribution in [0, 0.1) is 21.7 Å². The number of ether oxygens (including phenoxy) is 1. The van der Waals surface area contributed by atoms with Gasteiger partial charge in [0.1, 0.15) is 6.10 Å². The molecule has 47 heavy (non-hydrogen) atoms. The summed E-state index contributed by atoms with van der Waals surface area (Å²) in [5.41, 5.74) is -2.83. The van der Waals surface area contributed by atoms with Crippen LogP contribution in [0.25, 0.3) is 0 Å². The lowest BCUT2D eigenvalue weighted by molar-refractivity contribution is -0.161. The van der Waals surface area contributed by atoms with Crippen LogP contribution in [-0.2, 0) is 23.9 Å². The van der Waals surface area contributed by atoms with E-state index in [0.29, 0.717) is 25.7 Å². The van der Waals surface area contributed by atoms with Gasteiger partial charge < -0.3 is 25.2 Å². The molecule has 0 spiro atoms. The molecule has 9 heteroatoms. The minimum absolute atomic E-state index is 0.201. The normalized spacial score (nSPS) is 13.5. The van der Waals surface area contributed by atoms with Crippen molar-refractivity contribution in [2.45, 2.75) is 196 Å². The standard InChI is InChI=1S/C38H70O9/c1-35(2,31(40)41)25-17-9-13-21-29(39)22-14-10-20-28-38(7,8)34(46)47-30(23-15-11-18-26-36(3,4)32(42)43)24-16-12-19-27-37(5,6)33(44)45/h29-30,39H,9-28H2,1-8H3,(H,40,41)(H,42,43)(H,44,45). The number of carboxylic acid groups (broad SMARTS) is 3. The summed E-state index contributed by atoms with van der Waals surface area (Å²) >= 11 is 0. The Hall–Kier alpha value is -2.16. The van der Waals surface area contributed by atoms with Crippen LogP contribution >= 0.6 is 0 Å². The van der Waals surface area contributed by atoms with Gasteiger partial charge in [-0.25, -0.2) is 0 Å². The molecular weight excluding hydrogens is 600 g/mol. The molecule has 9 nitrogen and oxygen atoms in total. The number of carbonyl (C=O) groups is 4. The lowest BCUT2D eigenvalue weighted by atomic mass is 9.86. The molecule has 0 aliphatic carbocycles. The topological polar surface area (TPSA) is 158 Å². The number of hydrogen-bond acceptors (Lipinski definition) is 6. The van der Waals surface area contributed by atoms with Gasteiger partial charge in [-0.1, -0.05) is 64.2 Å². The Labute approximate surface area is 285 Å². The number of carboxylic acids is 3. The second-order valence-electron chi connectivity index (χ2n) is 16.5. The highest BCUT2D eigenvalue weighted by Crippen LogP contribution is 2.30. The van der Waals surface area contributed by atoms with E-state index in [2.05, 4.69) is 0 Å². The highest BCUT2D eigenvalue weighted by atomic mass is 16.5. The number of unbranched alkanes of at least 4 members (excludes halogenated alkanes) is 8. The fourth-order valence-electron chi connectivity index (χ4n) is 5.62. The zero-order chi connectivity index (χ0) is 36.3. The van der Waals surface area contributed by atoms with Gasteiger partial charge in [-0.3, -0.25) is 19.2 Å². The summed E-state index contributed by atoms with van der Waals surface area (Å²) in [6.45, 7) is 14.3. The van der Waals surface area contributed by atoms with Gasteiger partial charge in [-0.05, 0) is 120 Å². The molecule has 1 atom stereocenters. The van der Waals surface area contributed by atoms with E-state index in [1.54, 1.807) is 41.5 Å². The fourth-order valence-corrected chi connectivity index (χ4v) is 5.62. The number of aliphatic hydroxyl groups is 1.